The molecule has 0 aliphatic carbocycles. The van der Waals surface area contributed by atoms with E-state index in [1.54, 1.807) is 0 Å². The fourth-order valence-electron chi connectivity index (χ4n) is 0. The molecule has 0 N–H and O–H groups in total. The van der Waals surface area contributed by atoms with Crippen molar-refractivity contribution in [3.05, 3.63) is 12.2 Å². The minimum atomic E-state index is -1.37. The van der Waals surface area contributed by atoms with Crippen molar-refractivity contribution in [2.75, 3.05) is 0 Å². The first-order chi connectivity index (χ1) is 2.64. The monoisotopic (exact) mass is 108 g/mol. The molecule has 0 nitrogen and oxygen atoms in total. The van der Waals surface area contributed by atoms with E-state index in [4.69, 9.17) is 11.6 Å². The van der Waals surface area contributed by atoms with Gasteiger partial charge < -0.3 is 0 Å². The molecule has 0 saturated carbocycles. The zero-order chi connectivity index (χ0) is 5.15. The van der Waals surface area contributed by atoms with Crippen LogP contribution in [0.4, 0.5) is 4.39 Å². The highest BCUT2D eigenvalue weighted by Crippen LogP contribution is 2.05. The minimum Gasteiger partial charge on any atom is -0.225 e. The van der Waals surface area contributed by atoms with Crippen LogP contribution in [0.15, 0.2) is 12.2 Å². The average Bonchev–Trinajstić information content (AvgIpc) is 1.36. The highest BCUT2D eigenvalue weighted by molar-refractivity contribution is 6.21. The Labute approximate surface area is 41.6 Å². The first-order valence-electron chi connectivity index (χ1n) is 1.58. The maximum Gasteiger partial charge on any atom is 0.194 e. The van der Waals surface area contributed by atoms with Crippen molar-refractivity contribution in [3.63, 3.8) is 0 Å². The number of alkyl halides is 2. The van der Waals surface area contributed by atoms with Crippen molar-refractivity contribution in [1.82, 2.24) is 0 Å². The van der Waals surface area contributed by atoms with Gasteiger partial charge in [-0.25, -0.2) is 4.39 Å². The lowest BCUT2D eigenvalue weighted by Gasteiger charge is -1.90. The van der Waals surface area contributed by atoms with Crippen molar-refractivity contribution in [1.29, 1.82) is 0 Å². The summed E-state index contributed by atoms with van der Waals surface area (Å²) in [5.41, 5.74) is -1.01. The van der Waals surface area contributed by atoms with Gasteiger partial charge in [-0.2, -0.15) is 0 Å². The molecule has 0 aliphatic heterocycles. The molecule has 1 atom stereocenters. The average molecular weight is 109 g/mol. The molecule has 0 aliphatic rings. The van der Waals surface area contributed by atoms with E-state index >= 15 is 0 Å². The van der Waals surface area contributed by atoms with E-state index in [1.807, 2.05) is 0 Å². The topological polar surface area (TPSA) is 0 Å². The highest BCUT2D eigenvalue weighted by Gasteiger charge is 1.95. The summed E-state index contributed by atoms with van der Waals surface area (Å²) < 4.78 is 11.5. The minimum absolute atomic E-state index is 0.358. The second-order valence-electron chi connectivity index (χ2n) is 1.15. The molecule has 1 unspecified atom stereocenters. The van der Waals surface area contributed by atoms with Crippen molar-refractivity contribution >= 4 is 11.6 Å². The van der Waals surface area contributed by atoms with Crippen LogP contribution in [-0.2, 0) is 0 Å². The van der Waals surface area contributed by atoms with E-state index in [0.717, 1.165) is 0 Å². The summed E-state index contributed by atoms with van der Waals surface area (Å²) in [5, 5.41) is 0. The van der Waals surface area contributed by atoms with Crippen molar-refractivity contribution < 1.29 is 4.39 Å². The lowest BCUT2D eigenvalue weighted by atomic mass is 10.4. The summed E-state index contributed by atoms with van der Waals surface area (Å²) in [5.74, 6) is 0. The number of halogens is 2. The van der Waals surface area contributed by atoms with E-state index in [9.17, 15) is 4.39 Å². The van der Waals surface area contributed by atoms with Crippen molar-refractivity contribution in [3.8, 4) is 0 Å². The Balaban J connectivity index is 3.26. The zero-order valence-corrected chi connectivity index (χ0v) is 4.30. The summed E-state index contributed by atoms with van der Waals surface area (Å²) in [6.45, 7) is 4.79. The van der Waals surface area contributed by atoms with Crippen LogP contribution in [0.1, 0.15) is 6.92 Å². The fraction of sp³-hybridized carbons (Fsp3) is 0.500. The van der Waals surface area contributed by atoms with Crippen LogP contribution in [0.25, 0.3) is 0 Å². The Hall–Kier alpha value is -0.0400. The lowest BCUT2D eigenvalue weighted by molar-refractivity contribution is 0.494. The van der Waals surface area contributed by atoms with Crippen molar-refractivity contribution in [2.24, 2.45) is 0 Å². The molecule has 0 fully saturated rings. The third kappa shape index (κ3) is 2.21. The van der Waals surface area contributed by atoms with Gasteiger partial charge in [0.2, 0.25) is 0 Å². The largest absolute Gasteiger partial charge is 0.225 e. The van der Waals surface area contributed by atoms with E-state index in [2.05, 4.69) is 6.58 Å². The summed E-state index contributed by atoms with van der Waals surface area (Å²) in [6, 6.07) is 0. The summed E-state index contributed by atoms with van der Waals surface area (Å²) in [6.07, 6.45) is 0. The van der Waals surface area contributed by atoms with Gasteiger partial charge in [-0.1, -0.05) is 18.2 Å². The van der Waals surface area contributed by atoms with E-state index in [0.29, 0.717) is 5.57 Å². The Morgan fingerprint density at radius 2 is 2.17 bits per heavy atom. The molecule has 0 heterocycles. The Kier molecular flexibility index (Phi) is 2.18. The number of rotatable bonds is 1. The van der Waals surface area contributed by atoms with Gasteiger partial charge in [0.1, 0.15) is 0 Å². The molecule has 0 bridgehead atoms. The molecule has 0 rings (SSSR count). The highest BCUT2D eigenvalue weighted by atomic mass is 35.5. The molecule has 0 saturated heterocycles. The van der Waals surface area contributed by atoms with Crippen LogP contribution >= 0.6 is 11.6 Å². The quantitative estimate of drug-likeness (QED) is 0.357. The third-order valence-electron chi connectivity index (χ3n) is 0.373. The summed E-state index contributed by atoms with van der Waals surface area (Å²) >= 11 is 4.85. The molecule has 0 aromatic rings. The lowest BCUT2D eigenvalue weighted by Crippen LogP contribution is -1.84. The van der Waals surface area contributed by atoms with Crippen LogP contribution in [0.3, 0.4) is 0 Å². The zero-order valence-electron chi connectivity index (χ0n) is 3.54. The molecule has 2 heteroatoms. The Morgan fingerprint density at radius 3 is 2.17 bits per heavy atom. The molecule has 6 heavy (non-hydrogen) atoms. The molecule has 36 valence electrons. The van der Waals surface area contributed by atoms with Crippen LogP contribution in [0.5, 0.6) is 0 Å². The smallest absolute Gasteiger partial charge is 0.194 e. The Bertz CT molecular complexity index is 58.6. The predicted octanol–water partition coefficient (Wildman–Crippen LogP) is 2.10. The van der Waals surface area contributed by atoms with Crippen LogP contribution in [-0.4, -0.2) is 5.63 Å². The van der Waals surface area contributed by atoms with E-state index in [1.165, 1.54) is 6.92 Å². The van der Waals surface area contributed by atoms with E-state index < -0.39 is 5.63 Å². The maximum atomic E-state index is 11.5. The van der Waals surface area contributed by atoms with Crippen LogP contribution < -0.4 is 0 Å². The van der Waals surface area contributed by atoms with Gasteiger partial charge in [0.15, 0.2) is 5.63 Å². The van der Waals surface area contributed by atoms with E-state index in [-0.39, 0.29) is 0 Å². The van der Waals surface area contributed by atoms with Gasteiger partial charge in [-0.3, -0.25) is 0 Å². The first-order valence-corrected chi connectivity index (χ1v) is 2.02. The molecule has 0 aromatic heterocycles. The molecule has 0 amide bonds. The van der Waals surface area contributed by atoms with Gasteiger partial charge in [0.25, 0.3) is 0 Å². The van der Waals surface area contributed by atoms with Gasteiger partial charge >= 0.3 is 0 Å². The third-order valence-corrected chi connectivity index (χ3v) is 0.745. The number of hydrogen-bond acceptors (Lipinski definition) is 0. The SMILES string of the molecule is C=C(C)C(F)Cl. The van der Waals surface area contributed by atoms with Gasteiger partial charge in [-0.05, 0) is 12.5 Å². The van der Waals surface area contributed by atoms with Crippen LogP contribution in [0.2, 0.25) is 0 Å². The fourth-order valence-corrected chi connectivity index (χ4v) is 0. The predicted molar refractivity (Wildman–Crippen MR) is 25.6 cm³/mol. The van der Waals surface area contributed by atoms with Crippen LogP contribution in [0, 0.1) is 0 Å². The van der Waals surface area contributed by atoms with Gasteiger partial charge in [0, 0.05) is 0 Å². The standard InChI is InChI=1S/C4H6ClF/c1-3(2)4(5)6/h4H,1H2,2H3. The number of allylic oxidation sites excluding steroid dienone is 1. The van der Waals surface area contributed by atoms with Gasteiger partial charge in [0.05, 0.1) is 0 Å². The van der Waals surface area contributed by atoms with Gasteiger partial charge in [-0.15, -0.1) is 0 Å². The summed E-state index contributed by atoms with van der Waals surface area (Å²) in [4.78, 5) is 0. The first kappa shape index (κ1) is 5.96. The maximum absolute atomic E-state index is 11.5. The Morgan fingerprint density at radius 1 is 2.00 bits per heavy atom. The number of hydrogen-bond donors (Lipinski definition) is 0. The molecular weight excluding hydrogens is 102 g/mol. The van der Waals surface area contributed by atoms with Crippen molar-refractivity contribution in [2.45, 2.75) is 12.6 Å². The second kappa shape index (κ2) is 2.19. The normalized spacial score (nSPS) is 13.8. The molecule has 0 radical (unpaired) electrons. The second-order valence-corrected chi connectivity index (χ2v) is 1.53. The molecule has 0 spiro atoms. The molecule has 0 aromatic carbocycles. The molecular formula is C4H6ClF. The summed E-state index contributed by atoms with van der Waals surface area (Å²) in [7, 11) is 0.